The van der Waals surface area contributed by atoms with Crippen molar-refractivity contribution >= 4 is 17.5 Å². The van der Waals surface area contributed by atoms with Crippen LogP contribution in [0, 0.1) is 24.4 Å². The Hall–Kier alpha value is -4.06. The Morgan fingerprint density at radius 1 is 1.05 bits per heavy atom. The predicted octanol–water partition coefficient (Wildman–Crippen LogP) is 6.78. The lowest BCUT2D eigenvalue weighted by molar-refractivity contribution is -0.138. The van der Waals surface area contributed by atoms with Crippen LogP contribution in [0.3, 0.4) is 0 Å². The quantitative estimate of drug-likeness (QED) is 0.183. The third-order valence-electron chi connectivity index (χ3n) is 6.95. The van der Waals surface area contributed by atoms with Crippen LogP contribution in [0.25, 0.3) is 11.1 Å². The van der Waals surface area contributed by atoms with Crippen molar-refractivity contribution in [2.75, 3.05) is 12.9 Å². The minimum absolute atomic E-state index is 0.0794. The van der Waals surface area contributed by atoms with E-state index in [2.05, 4.69) is 4.98 Å². The number of fused-ring (bicyclic) bond motifs is 1. The van der Waals surface area contributed by atoms with E-state index in [1.807, 2.05) is 0 Å². The van der Waals surface area contributed by atoms with Gasteiger partial charge in [0.2, 0.25) is 5.78 Å². The molecule has 0 saturated heterocycles. The Kier molecular flexibility index (Phi) is 7.45. The van der Waals surface area contributed by atoms with Crippen LogP contribution in [0.5, 0.6) is 5.75 Å². The number of nitrogens with zero attached hydrogens (tertiary/aromatic N) is 2. The summed E-state index contributed by atoms with van der Waals surface area (Å²) in [6.45, 7) is 1.42. The molecule has 2 aromatic heterocycles. The molecule has 1 unspecified atom stereocenters. The van der Waals surface area contributed by atoms with Crippen LogP contribution < -0.4 is 10.3 Å². The molecule has 0 saturated carbocycles. The molecule has 12 heteroatoms. The van der Waals surface area contributed by atoms with Gasteiger partial charge < -0.3 is 4.74 Å². The van der Waals surface area contributed by atoms with E-state index in [-0.39, 0.29) is 38.8 Å². The van der Waals surface area contributed by atoms with Gasteiger partial charge in [-0.15, -0.1) is 11.8 Å². The molecule has 1 aliphatic heterocycles. The molecule has 4 aromatic rings. The van der Waals surface area contributed by atoms with E-state index in [0.717, 1.165) is 40.6 Å². The van der Waals surface area contributed by atoms with Gasteiger partial charge in [-0.25, -0.2) is 18.2 Å². The summed E-state index contributed by atoms with van der Waals surface area (Å²) in [7, 11) is 1.22. The second-order valence-corrected chi connectivity index (χ2v) is 10.3. The second kappa shape index (κ2) is 10.7. The highest BCUT2D eigenvalue weighted by atomic mass is 32.2. The van der Waals surface area contributed by atoms with Crippen LogP contribution in [0.4, 0.5) is 26.3 Å². The van der Waals surface area contributed by atoms with Crippen molar-refractivity contribution in [3.05, 3.63) is 110 Å². The average Bonchev–Trinajstić information content (AvgIpc) is 3.37. The zero-order chi connectivity index (χ0) is 29.6. The zero-order valence-electron chi connectivity index (χ0n) is 21.5. The molecule has 0 amide bonds. The Labute approximate surface area is 233 Å². The number of Topliss-reactive ketones (excluding diaryl/α,β-unsaturated/α-hetero) is 1. The molecule has 0 fully saturated rings. The Morgan fingerprint density at radius 3 is 2.44 bits per heavy atom. The molecule has 3 heterocycles. The van der Waals surface area contributed by atoms with Crippen molar-refractivity contribution in [3.8, 4) is 16.9 Å². The smallest absolute Gasteiger partial charge is 0.416 e. The van der Waals surface area contributed by atoms with Crippen molar-refractivity contribution in [2.24, 2.45) is 0 Å². The largest absolute Gasteiger partial charge is 0.494 e. The molecule has 0 spiro atoms. The second-order valence-electron chi connectivity index (χ2n) is 9.25. The molecule has 0 N–H and O–H groups in total. The van der Waals surface area contributed by atoms with Crippen molar-refractivity contribution in [2.45, 2.75) is 30.6 Å². The number of carbonyl (C=O) groups excluding carboxylic acids is 1. The average molecular weight is 591 g/mol. The number of ether oxygens (including phenoxy) is 1. The van der Waals surface area contributed by atoms with E-state index in [1.165, 1.54) is 44.5 Å². The zero-order valence-corrected chi connectivity index (χ0v) is 22.3. The monoisotopic (exact) mass is 590 g/mol. The first-order chi connectivity index (χ1) is 19.5. The summed E-state index contributed by atoms with van der Waals surface area (Å²) in [5.41, 5.74) is -3.49. The van der Waals surface area contributed by atoms with Crippen molar-refractivity contribution in [1.29, 1.82) is 0 Å². The molecule has 1 aliphatic rings. The van der Waals surface area contributed by atoms with Crippen LogP contribution in [-0.2, 0) is 12.6 Å². The highest BCUT2D eigenvalue weighted by molar-refractivity contribution is 7.99. The third kappa shape index (κ3) is 4.90. The maximum atomic E-state index is 15.5. The molecule has 5 rings (SSSR count). The van der Waals surface area contributed by atoms with Gasteiger partial charge in [0.05, 0.1) is 23.3 Å². The summed E-state index contributed by atoms with van der Waals surface area (Å²) in [6.07, 6.45) is -4.30. The molecule has 212 valence electrons. The minimum atomic E-state index is -4.88. The van der Waals surface area contributed by atoms with Crippen LogP contribution in [0.15, 0.2) is 64.5 Å². The first-order valence-electron chi connectivity index (χ1n) is 12.2. The van der Waals surface area contributed by atoms with Gasteiger partial charge in [-0.3, -0.25) is 14.2 Å². The fourth-order valence-electron chi connectivity index (χ4n) is 4.99. The molecule has 5 nitrogen and oxygen atoms in total. The van der Waals surface area contributed by atoms with Gasteiger partial charge in [0, 0.05) is 29.5 Å². The lowest BCUT2D eigenvalue weighted by Crippen LogP contribution is -2.32. The Bertz CT molecular complexity index is 1750. The molecule has 0 radical (unpaired) electrons. The van der Waals surface area contributed by atoms with Gasteiger partial charge in [0.25, 0.3) is 5.56 Å². The Balaban J connectivity index is 1.80. The standard InChI is InChI=1S/C29H20F6N2O3S/c1-14-16(12-17-18(29(33,34)35)7-4-8-19(17)30)28-37(21(13-41-28)26(38)25-20(31)9-5-11-36-25)27(39)23(14)15-6-3-10-22(40-2)24(15)32/h3-11,21H,12-13H2,1-2H3. The summed E-state index contributed by atoms with van der Waals surface area (Å²) in [4.78, 5) is 31.2. The lowest BCUT2D eigenvalue weighted by Gasteiger charge is -2.21. The van der Waals surface area contributed by atoms with Gasteiger partial charge in [0.15, 0.2) is 17.4 Å². The highest BCUT2D eigenvalue weighted by Crippen LogP contribution is 2.43. The predicted molar refractivity (Wildman–Crippen MR) is 140 cm³/mol. The van der Waals surface area contributed by atoms with E-state index in [1.54, 1.807) is 0 Å². The van der Waals surface area contributed by atoms with Crippen molar-refractivity contribution < 1.29 is 35.9 Å². The van der Waals surface area contributed by atoms with Gasteiger partial charge in [-0.05, 0) is 48.4 Å². The van der Waals surface area contributed by atoms with Gasteiger partial charge in [-0.1, -0.05) is 18.2 Å². The molecule has 2 aromatic carbocycles. The number of halogens is 6. The SMILES string of the molecule is COc1cccc(-c2c(C)c(Cc3c(F)cccc3C(F)(F)F)c3n(c2=O)C(C(=O)c2ncccc2F)CS3)c1F. The topological polar surface area (TPSA) is 61.2 Å². The van der Waals surface area contributed by atoms with Crippen LogP contribution in [0.1, 0.15) is 38.8 Å². The number of rotatable bonds is 6. The lowest BCUT2D eigenvalue weighted by atomic mass is 9.92. The van der Waals surface area contributed by atoms with Crippen molar-refractivity contribution in [1.82, 2.24) is 9.55 Å². The summed E-state index contributed by atoms with van der Waals surface area (Å²) < 4.78 is 92.6. The number of methoxy groups -OCH3 is 1. The number of hydrogen-bond donors (Lipinski definition) is 0. The van der Waals surface area contributed by atoms with Gasteiger partial charge in [0.1, 0.15) is 17.6 Å². The van der Waals surface area contributed by atoms with E-state index in [0.29, 0.717) is 0 Å². The summed E-state index contributed by atoms with van der Waals surface area (Å²) in [5.74, 6) is -4.07. The van der Waals surface area contributed by atoms with Crippen LogP contribution >= 0.6 is 11.8 Å². The molecular weight excluding hydrogens is 570 g/mol. The Morgan fingerprint density at radius 2 is 1.76 bits per heavy atom. The van der Waals surface area contributed by atoms with Crippen LogP contribution in [0.2, 0.25) is 0 Å². The molecule has 0 bridgehead atoms. The molecular formula is C29H20F6N2O3S. The number of hydrogen-bond acceptors (Lipinski definition) is 5. The number of thioether (sulfide) groups is 1. The molecule has 41 heavy (non-hydrogen) atoms. The molecule has 0 aliphatic carbocycles. The van der Waals surface area contributed by atoms with E-state index in [4.69, 9.17) is 4.74 Å². The number of aromatic nitrogens is 2. The number of carbonyl (C=O) groups is 1. The minimum Gasteiger partial charge on any atom is -0.494 e. The third-order valence-corrected chi connectivity index (χ3v) is 8.15. The highest BCUT2D eigenvalue weighted by Gasteiger charge is 2.39. The normalized spacial score (nSPS) is 14.7. The maximum Gasteiger partial charge on any atom is 0.416 e. The first-order valence-corrected chi connectivity index (χ1v) is 13.2. The van der Waals surface area contributed by atoms with Crippen molar-refractivity contribution in [3.63, 3.8) is 0 Å². The first kappa shape index (κ1) is 28.5. The number of ketones is 1. The van der Waals surface area contributed by atoms with E-state index in [9.17, 15) is 31.5 Å². The summed E-state index contributed by atoms with van der Waals surface area (Å²) in [5, 5.41) is 0.102. The fourth-order valence-corrected chi connectivity index (χ4v) is 6.35. The summed E-state index contributed by atoms with van der Waals surface area (Å²) >= 11 is 0.984. The van der Waals surface area contributed by atoms with E-state index < -0.39 is 64.3 Å². The number of benzene rings is 2. The number of pyridine rings is 2. The number of alkyl halides is 3. The molecule has 1 atom stereocenters. The van der Waals surface area contributed by atoms with Crippen LogP contribution in [-0.4, -0.2) is 28.2 Å². The van der Waals surface area contributed by atoms with E-state index >= 15 is 4.39 Å². The summed E-state index contributed by atoms with van der Waals surface area (Å²) in [6, 6.07) is 7.62. The maximum absolute atomic E-state index is 15.5. The fraction of sp³-hybridized carbons (Fsp3) is 0.207. The van der Waals surface area contributed by atoms with Gasteiger partial charge in [-0.2, -0.15) is 13.2 Å². The van der Waals surface area contributed by atoms with Gasteiger partial charge >= 0.3 is 6.18 Å².